The first kappa shape index (κ1) is 13.8. The number of anilines is 1. The fourth-order valence-corrected chi connectivity index (χ4v) is 2.17. The van der Waals surface area contributed by atoms with Crippen LogP contribution in [0.25, 0.3) is 0 Å². The van der Waals surface area contributed by atoms with Crippen molar-refractivity contribution >= 4 is 17.3 Å². The molecule has 2 aromatic carbocycles. The van der Waals surface area contributed by atoms with Gasteiger partial charge in [-0.05, 0) is 49.2 Å². The van der Waals surface area contributed by atoms with Crippen molar-refractivity contribution in [2.24, 2.45) is 0 Å². The molecule has 0 saturated carbocycles. The van der Waals surface area contributed by atoms with Crippen LogP contribution >= 0.6 is 11.6 Å². The van der Waals surface area contributed by atoms with Crippen LogP contribution in [0, 0.1) is 6.92 Å². The van der Waals surface area contributed by atoms with E-state index in [4.69, 9.17) is 16.3 Å². The van der Waals surface area contributed by atoms with Crippen molar-refractivity contribution in [1.29, 1.82) is 0 Å². The largest absolute Gasteiger partial charge is 0.492 e. The average Bonchev–Trinajstić information content (AvgIpc) is 2.40. The molecule has 0 saturated heterocycles. The van der Waals surface area contributed by atoms with E-state index in [-0.39, 0.29) is 0 Å². The number of rotatable bonds is 5. The predicted octanol–water partition coefficient (Wildman–Crippen LogP) is 4.66. The van der Waals surface area contributed by atoms with E-state index in [2.05, 4.69) is 12.2 Å². The second-order valence-electron chi connectivity index (χ2n) is 4.35. The summed E-state index contributed by atoms with van der Waals surface area (Å²) in [5.41, 5.74) is 3.43. The molecule has 2 rings (SSSR count). The summed E-state index contributed by atoms with van der Waals surface area (Å²) in [6, 6.07) is 13.9. The summed E-state index contributed by atoms with van der Waals surface area (Å²) in [5, 5.41) is 4.18. The van der Waals surface area contributed by atoms with Crippen LogP contribution in [0.3, 0.4) is 0 Å². The van der Waals surface area contributed by atoms with Crippen molar-refractivity contribution in [3.8, 4) is 5.75 Å². The van der Waals surface area contributed by atoms with Gasteiger partial charge in [0.15, 0.2) is 0 Å². The Kier molecular flexibility index (Phi) is 4.69. The molecule has 0 bridgehead atoms. The summed E-state index contributed by atoms with van der Waals surface area (Å²) >= 11 is 5.96. The average molecular weight is 276 g/mol. The summed E-state index contributed by atoms with van der Waals surface area (Å²) < 4.78 is 5.59. The molecule has 2 aromatic rings. The summed E-state index contributed by atoms with van der Waals surface area (Å²) in [4.78, 5) is 0. The number of benzene rings is 2. The number of aryl methyl sites for hydroxylation is 1. The molecule has 0 aliphatic carbocycles. The maximum atomic E-state index is 5.96. The van der Waals surface area contributed by atoms with E-state index in [0.29, 0.717) is 6.61 Å². The van der Waals surface area contributed by atoms with Gasteiger partial charge in [0.25, 0.3) is 0 Å². The van der Waals surface area contributed by atoms with Gasteiger partial charge in [-0.25, -0.2) is 0 Å². The van der Waals surface area contributed by atoms with Crippen molar-refractivity contribution in [2.45, 2.75) is 20.4 Å². The number of hydrogen-bond donors (Lipinski definition) is 1. The summed E-state index contributed by atoms with van der Waals surface area (Å²) in [5.74, 6) is 0.886. The molecule has 100 valence electrons. The predicted molar refractivity (Wildman–Crippen MR) is 81.1 cm³/mol. The molecule has 0 fully saturated rings. The van der Waals surface area contributed by atoms with E-state index in [1.165, 1.54) is 11.1 Å². The lowest BCUT2D eigenvalue weighted by atomic mass is 10.1. The lowest BCUT2D eigenvalue weighted by Crippen LogP contribution is -2.03. The Balaban J connectivity index is 2.10. The van der Waals surface area contributed by atoms with Gasteiger partial charge in [0.05, 0.1) is 12.3 Å². The molecule has 3 heteroatoms. The molecule has 0 amide bonds. The summed E-state index contributed by atoms with van der Waals surface area (Å²) in [6.45, 7) is 5.48. The molecule has 19 heavy (non-hydrogen) atoms. The van der Waals surface area contributed by atoms with Crippen LogP contribution in [-0.2, 0) is 6.54 Å². The Morgan fingerprint density at radius 2 is 1.95 bits per heavy atom. The molecule has 2 nitrogen and oxygen atoms in total. The standard InChI is InChI=1S/C16H18ClNO/c1-3-19-16-7-5-4-6-15(16)18-11-13-8-9-14(17)10-12(13)2/h4-10,18H,3,11H2,1-2H3. The van der Waals surface area contributed by atoms with Gasteiger partial charge in [-0.1, -0.05) is 29.8 Å². The molecule has 0 radical (unpaired) electrons. The molecule has 0 unspecified atom stereocenters. The van der Waals surface area contributed by atoms with Crippen molar-refractivity contribution in [3.05, 3.63) is 58.6 Å². The topological polar surface area (TPSA) is 21.3 Å². The Bertz CT molecular complexity index is 554. The van der Waals surface area contributed by atoms with Crippen LogP contribution in [0.5, 0.6) is 5.75 Å². The number of halogens is 1. The third kappa shape index (κ3) is 3.65. The van der Waals surface area contributed by atoms with Crippen LogP contribution in [-0.4, -0.2) is 6.61 Å². The minimum Gasteiger partial charge on any atom is -0.492 e. The maximum absolute atomic E-state index is 5.96. The van der Waals surface area contributed by atoms with E-state index in [1.54, 1.807) is 0 Å². The van der Waals surface area contributed by atoms with Crippen LogP contribution in [0.4, 0.5) is 5.69 Å². The van der Waals surface area contributed by atoms with Crippen molar-refractivity contribution in [2.75, 3.05) is 11.9 Å². The van der Waals surface area contributed by atoms with E-state index >= 15 is 0 Å². The Morgan fingerprint density at radius 1 is 1.16 bits per heavy atom. The molecule has 0 spiro atoms. The van der Waals surface area contributed by atoms with E-state index in [1.807, 2.05) is 49.4 Å². The van der Waals surface area contributed by atoms with Crippen LogP contribution in [0.15, 0.2) is 42.5 Å². The maximum Gasteiger partial charge on any atom is 0.142 e. The fourth-order valence-electron chi connectivity index (χ4n) is 1.94. The molecule has 1 N–H and O–H groups in total. The minimum absolute atomic E-state index is 0.665. The zero-order valence-corrected chi connectivity index (χ0v) is 12.0. The third-order valence-corrected chi connectivity index (χ3v) is 3.20. The van der Waals surface area contributed by atoms with Crippen LogP contribution in [0.1, 0.15) is 18.1 Å². The highest BCUT2D eigenvalue weighted by atomic mass is 35.5. The van der Waals surface area contributed by atoms with Gasteiger partial charge in [-0.15, -0.1) is 0 Å². The molecular weight excluding hydrogens is 258 g/mol. The summed E-state index contributed by atoms with van der Waals surface area (Å²) in [7, 11) is 0. The van der Waals surface area contributed by atoms with Gasteiger partial charge in [0.1, 0.15) is 5.75 Å². The van der Waals surface area contributed by atoms with Gasteiger partial charge >= 0.3 is 0 Å². The Labute approximate surface area is 119 Å². The first-order chi connectivity index (χ1) is 9.20. The second-order valence-corrected chi connectivity index (χ2v) is 4.79. The lowest BCUT2D eigenvalue weighted by molar-refractivity contribution is 0.341. The summed E-state index contributed by atoms with van der Waals surface area (Å²) in [6.07, 6.45) is 0. The highest BCUT2D eigenvalue weighted by molar-refractivity contribution is 6.30. The SMILES string of the molecule is CCOc1ccccc1NCc1ccc(Cl)cc1C. The van der Waals surface area contributed by atoms with Crippen LogP contribution < -0.4 is 10.1 Å². The highest BCUT2D eigenvalue weighted by Crippen LogP contribution is 2.25. The Morgan fingerprint density at radius 3 is 2.68 bits per heavy atom. The number of nitrogens with one attached hydrogen (secondary N) is 1. The first-order valence-corrected chi connectivity index (χ1v) is 6.79. The van der Waals surface area contributed by atoms with Crippen molar-refractivity contribution < 1.29 is 4.74 Å². The first-order valence-electron chi connectivity index (χ1n) is 6.41. The normalized spacial score (nSPS) is 10.3. The smallest absolute Gasteiger partial charge is 0.142 e. The van der Waals surface area contributed by atoms with Crippen molar-refractivity contribution in [3.63, 3.8) is 0 Å². The fraction of sp³-hybridized carbons (Fsp3) is 0.250. The Hall–Kier alpha value is -1.67. The number of ether oxygens (including phenoxy) is 1. The van der Waals surface area contributed by atoms with Gasteiger partial charge in [0, 0.05) is 11.6 Å². The van der Waals surface area contributed by atoms with E-state index in [0.717, 1.165) is 23.0 Å². The second kappa shape index (κ2) is 6.48. The van der Waals surface area contributed by atoms with Gasteiger partial charge in [-0.2, -0.15) is 0 Å². The van der Waals surface area contributed by atoms with E-state index in [9.17, 15) is 0 Å². The lowest BCUT2D eigenvalue weighted by Gasteiger charge is -2.13. The molecule has 0 atom stereocenters. The van der Waals surface area contributed by atoms with E-state index < -0.39 is 0 Å². The quantitative estimate of drug-likeness (QED) is 0.857. The van der Waals surface area contributed by atoms with Crippen LogP contribution in [0.2, 0.25) is 5.02 Å². The third-order valence-electron chi connectivity index (χ3n) is 2.96. The highest BCUT2D eigenvalue weighted by Gasteiger charge is 2.03. The molecule has 0 aliphatic rings. The molecule has 0 aromatic heterocycles. The zero-order chi connectivity index (χ0) is 13.7. The number of hydrogen-bond acceptors (Lipinski definition) is 2. The van der Waals surface area contributed by atoms with Crippen molar-refractivity contribution in [1.82, 2.24) is 0 Å². The molecule has 0 heterocycles. The zero-order valence-electron chi connectivity index (χ0n) is 11.2. The monoisotopic (exact) mass is 275 g/mol. The minimum atomic E-state index is 0.665. The van der Waals surface area contributed by atoms with Gasteiger partial charge in [0.2, 0.25) is 0 Å². The molecule has 0 aliphatic heterocycles. The van der Waals surface area contributed by atoms with Gasteiger partial charge < -0.3 is 10.1 Å². The number of para-hydroxylation sites is 2. The van der Waals surface area contributed by atoms with Gasteiger partial charge in [-0.3, -0.25) is 0 Å². The molecular formula is C16H18ClNO.